The van der Waals surface area contributed by atoms with E-state index >= 15 is 0 Å². The van der Waals surface area contributed by atoms with Crippen LogP contribution in [0.2, 0.25) is 0 Å². The molecule has 1 heterocycles. The summed E-state index contributed by atoms with van der Waals surface area (Å²) in [6, 6.07) is 8.64. The van der Waals surface area contributed by atoms with Crippen LogP contribution in [-0.2, 0) is 0 Å². The van der Waals surface area contributed by atoms with Crippen LogP contribution in [0.5, 0.6) is 0 Å². The van der Waals surface area contributed by atoms with Gasteiger partial charge in [-0.25, -0.2) is 0 Å². The van der Waals surface area contributed by atoms with E-state index in [4.69, 9.17) is 11.6 Å². The van der Waals surface area contributed by atoms with Crippen molar-refractivity contribution < 1.29 is 0 Å². The van der Waals surface area contributed by atoms with Crippen molar-refractivity contribution in [3.63, 3.8) is 0 Å². The summed E-state index contributed by atoms with van der Waals surface area (Å²) in [7, 11) is 0. The SMILES string of the molecule is ClCC1CCCCC1Nc1nncc2ccccc12. The smallest absolute Gasteiger partial charge is 0.156 e. The highest BCUT2D eigenvalue weighted by molar-refractivity contribution is 6.18. The first kappa shape index (κ1) is 12.7. The fraction of sp³-hybridized carbons (Fsp3) is 0.467. The Morgan fingerprint density at radius 2 is 2.05 bits per heavy atom. The minimum Gasteiger partial charge on any atom is -0.365 e. The number of nitrogens with one attached hydrogen (secondary N) is 1. The molecule has 3 rings (SSSR count). The summed E-state index contributed by atoms with van der Waals surface area (Å²) in [4.78, 5) is 0. The number of alkyl halides is 1. The molecule has 0 bridgehead atoms. The van der Waals surface area contributed by atoms with Gasteiger partial charge in [-0.3, -0.25) is 0 Å². The maximum Gasteiger partial charge on any atom is 0.156 e. The van der Waals surface area contributed by atoms with Crippen LogP contribution in [0.1, 0.15) is 25.7 Å². The zero-order valence-electron chi connectivity index (χ0n) is 10.8. The second-order valence-electron chi connectivity index (χ2n) is 5.23. The quantitative estimate of drug-likeness (QED) is 0.865. The Balaban J connectivity index is 1.88. The molecule has 2 aromatic rings. The Kier molecular flexibility index (Phi) is 3.83. The van der Waals surface area contributed by atoms with Gasteiger partial charge in [0.15, 0.2) is 5.82 Å². The number of rotatable bonds is 3. The van der Waals surface area contributed by atoms with Crippen LogP contribution in [0.15, 0.2) is 30.5 Å². The molecule has 2 atom stereocenters. The van der Waals surface area contributed by atoms with Crippen LogP contribution < -0.4 is 5.32 Å². The van der Waals surface area contributed by atoms with Crippen molar-refractivity contribution >= 4 is 28.2 Å². The first-order valence-electron chi connectivity index (χ1n) is 6.91. The molecule has 3 nitrogen and oxygen atoms in total. The molecule has 1 fully saturated rings. The number of aromatic nitrogens is 2. The van der Waals surface area contributed by atoms with E-state index < -0.39 is 0 Å². The lowest BCUT2D eigenvalue weighted by atomic mass is 9.85. The first-order valence-corrected chi connectivity index (χ1v) is 7.45. The van der Waals surface area contributed by atoms with Crippen LogP contribution >= 0.6 is 11.6 Å². The van der Waals surface area contributed by atoms with Gasteiger partial charge in [-0.15, -0.1) is 16.7 Å². The van der Waals surface area contributed by atoms with Gasteiger partial charge in [0.05, 0.1) is 6.20 Å². The average Bonchev–Trinajstić information content (AvgIpc) is 2.48. The van der Waals surface area contributed by atoms with Gasteiger partial charge in [0.1, 0.15) is 0 Å². The highest BCUT2D eigenvalue weighted by Gasteiger charge is 2.25. The molecule has 1 aliphatic carbocycles. The minimum atomic E-state index is 0.423. The second kappa shape index (κ2) is 5.74. The highest BCUT2D eigenvalue weighted by Crippen LogP contribution is 2.29. The predicted molar refractivity (Wildman–Crippen MR) is 79.6 cm³/mol. The van der Waals surface area contributed by atoms with Crippen LogP contribution in [0.25, 0.3) is 10.8 Å². The van der Waals surface area contributed by atoms with E-state index in [1.807, 2.05) is 12.1 Å². The first-order chi connectivity index (χ1) is 9.38. The molecule has 0 aliphatic heterocycles. The van der Waals surface area contributed by atoms with E-state index in [1.165, 1.54) is 25.7 Å². The second-order valence-corrected chi connectivity index (χ2v) is 5.54. The number of fused-ring (bicyclic) bond motifs is 1. The molecular formula is C15H18ClN3. The summed E-state index contributed by atoms with van der Waals surface area (Å²) in [5.74, 6) is 2.15. The van der Waals surface area contributed by atoms with Crippen molar-refractivity contribution in [2.24, 2.45) is 5.92 Å². The largest absolute Gasteiger partial charge is 0.365 e. The van der Waals surface area contributed by atoms with Gasteiger partial charge in [0.25, 0.3) is 0 Å². The van der Waals surface area contributed by atoms with Crippen molar-refractivity contribution in [1.82, 2.24) is 10.2 Å². The van der Waals surface area contributed by atoms with E-state index in [-0.39, 0.29) is 0 Å². The van der Waals surface area contributed by atoms with Crippen LogP contribution in [0, 0.1) is 5.92 Å². The van der Waals surface area contributed by atoms with Gasteiger partial charge in [0.2, 0.25) is 0 Å². The Hall–Kier alpha value is -1.35. The number of hydrogen-bond donors (Lipinski definition) is 1. The molecular weight excluding hydrogens is 258 g/mol. The van der Waals surface area contributed by atoms with Crippen LogP contribution in [0.4, 0.5) is 5.82 Å². The zero-order chi connectivity index (χ0) is 13.1. The topological polar surface area (TPSA) is 37.8 Å². The standard InChI is InChI=1S/C15H18ClN3/c16-9-11-5-2-4-8-14(11)18-15-13-7-3-1-6-12(13)10-17-19-15/h1,3,6-7,10-11,14H,2,4-5,8-9H2,(H,18,19). The molecule has 2 unspecified atom stereocenters. The summed E-state index contributed by atoms with van der Waals surface area (Å²) in [5, 5.41) is 14.2. The van der Waals surface area contributed by atoms with E-state index in [1.54, 1.807) is 6.20 Å². The van der Waals surface area contributed by atoms with Gasteiger partial charge in [0, 0.05) is 22.7 Å². The van der Waals surface area contributed by atoms with Crippen molar-refractivity contribution in [3.05, 3.63) is 30.5 Å². The van der Waals surface area contributed by atoms with Crippen LogP contribution in [-0.4, -0.2) is 22.1 Å². The lowest BCUT2D eigenvalue weighted by Gasteiger charge is -2.31. The normalized spacial score (nSPS) is 23.4. The van der Waals surface area contributed by atoms with E-state index in [9.17, 15) is 0 Å². The lowest BCUT2D eigenvalue weighted by Crippen LogP contribution is -2.33. The van der Waals surface area contributed by atoms with Crippen molar-refractivity contribution in [2.75, 3.05) is 11.2 Å². The molecule has 19 heavy (non-hydrogen) atoms. The fourth-order valence-corrected chi connectivity index (χ4v) is 3.26. The molecule has 4 heteroatoms. The van der Waals surface area contributed by atoms with Gasteiger partial charge >= 0.3 is 0 Å². The lowest BCUT2D eigenvalue weighted by molar-refractivity contribution is 0.352. The van der Waals surface area contributed by atoms with E-state index in [0.717, 1.165) is 22.5 Å². The van der Waals surface area contributed by atoms with Crippen molar-refractivity contribution in [1.29, 1.82) is 0 Å². The number of anilines is 1. The Labute approximate surface area is 118 Å². The maximum absolute atomic E-state index is 6.08. The van der Waals surface area contributed by atoms with Gasteiger partial charge in [-0.05, 0) is 18.8 Å². The summed E-state index contributed by atoms with van der Waals surface area (Å²) in [6.45, 7) is 0. The maximum atomic E-state index is 6.08. The van der Waals surface area contributed by atoms with Gasteiger partial charge in [-0.2, -0.15) is 5.10 Å². The molecule has 1 N–H and O–H groups in total. The molecule has 1 aromatic carbocycles. The highest BCUT2D eigenvalue weighted by atomic mass is 35.5. The Morgan fingerprint density at radius 3 is 2.95 bits per heavy atom. The number of benzene rings is 1. The summed E-state index contributed by atoms with van der Waals surface area (Å²) >= 11 is 6.08. The Morgan fingerprint density at radius 1 is 1.21 bits per heavy atom. The molecule has 1 aliphatic rings. The zero-order valence-corrected chi connectivity index (χ0v) is 11.6. The Bertz CT molecular complexity index is 553. The molecule has 0 radical (unpaired) electrons. The predicted octanol–water partition coefficient (Wildman–Crippen LogP) is 3.84. The average molecular weight is 276 g/mol. The molecule has 0 amide bonds. The minimum absolute atomic E-state index is 0.423. The fourth-order valence-electron chi connectivity index (χ4n) is 2.89. The third-order valence-electron chi connectivity index (χ3n) is 4.00. The summed E-state index contributed by atoms with van der Waals surface area (Å²) in [5.41, 5.74) is 0. The molecule has 0 spiro atoms. The van der Waals surface area contributed by atoms with Crippen molar-refractivity contribution in [3.8, 4) is 0 Å². The third-order valence-corrected chi connectivity index (χ3v) is 4.40. The number of hydrogen-bond acceptors (Lipinski definition) is 3. The van der Waals surface area contributed by atoms with Gasteiger partial charge in [-0.1, -0.05) is 37.1 Å². The van der Waals surface area contributed by atoms with Crippen molar-refractivity contribution in [2.45, 2.75) is 31.7 Å². The molecule has 100 valence electrons. The number of nitrogens with zero attached hydrogens (tertiary/aromatic N) is 2. The van der Waals surface area contributed by atoms with E-state index in [0.29, 0.717) is 12.0 Å². The van der Waals surface area contributed by atoms with Crippen LogP contribution in [0.3, 0.4) is 0 Å². The molecule has 1 saturated carbocycles. The van der Waals surface area contributed by atoms with Gasteiger partial charge < -0.3 is 5.32 Å². The summed E-state index contributed by atoms with van der Waals surface area (Å²) in [6.07, 6.45) is 6.74. The molecule has 0 saturated heterocycles. The summed E-state index contributed by atoms with van der Waals surface area (Å²) < 4.78 is 0. The van der Waals surface area contributed by atoms with E-state index in [2.05, 4.69) is 27.6 Å². The number of halogens is 1. The molecule has 1 aromatic heterocycles. The third kappa shape index (κ3) is 2.66. The monoisotopic (exact) mass is 275 g/mol.